The first kappa shape index (κ1) is 14.0. The number of rotatable bonds is 4. The van der Waals surface area contributed by atoms with Crippen molar-refractivity contribution in [3.63, 3.8) is 0 Å². The lowest BCUT2D eigenvalue weighted by Gasteiger charge is -2.43. The van der Waals surface area contributed by atoms with Gasteiger partial charge < -0.3 is 10.6 Å². The van der Waals surface area contributed by atoms with E-state index in [0.717, 1.165) is 13.1 Å². The molecular weight excluding hydrogens is 240 g/mol. The van der Waals surface area contributed by atoms with Gasteiger partial charge in [-0.2, -0.15) is 11.3 Å². The molecule has 0 saturated heterocycles. The van der Waals surface area contributed by atoms with Crippen LogP contribution in [0.4, 0.5) is 0 Å². The number of nitrogens with two attached hydrogens (primary N) is 1. The molecule has 0 amide bonds. The van der Waals surface area contributed by atoms with Gasteiger partial charge in [-0.1, -0.05) is 20.3 Å². The average Bonchev–Trinajstić information content (AvgIpc) is 2.77. The van der Waals surface area contributed by atoms with Crippen LogP contribution in [0.15, 0.2) is 16.8 Å². The summed E-state index contributed by atoms with van der Waals surface area (Å²) in [6, 6.07) is 2.56. The van der Waals surface area contributed by atoms with Gasteiger partial charge in [0.15, 0.2) is 0 Å². The standard InChI is InChI=1S/C15H26N2S/c1-15(2)7-4-5-13(14(15)16)10-17(3)9-12-6-8-18-11-12/h6,8,11,13-14H,4-5,7,9-10,16H2,1-3H3. The van der Waals surface area contributed by atoms with Crippen molar-refractivity contribution in [3.8, 4) is 0 Å². The Morgan fingerprint density at radius 3 is 2.94 bits per heavy atom. The Morgan fingerprint density at radius 1 is 1.50 bits per heavy atom. The van der Waals surface area contributed by atoms with E-state index in [2.05, 4.69) is 42.6 Å². The topological polar surface area (TPSA) is 29.3 Å². The fourth-order valence-corrected chi connectivity index (χ4v) is 3.83. The van der Waals surface area contributed by atoms with Crippen molar-refractivity contribution in [1.82, 2.24) is 4.90 Å². The van der Waals surface area contributed by atoms with E-state index in [-0.39, 0.29) is 0 Å². The largest absolute Gasteiger partial charge is 0.327 e. The van der Waals surface area contributed by atoms with Crippen molar-refractivity contribution in [2.24, 2.45) is 17.1 Å². The van der Waals surface area contributed by atoms with Crippen molar-refractivity contribution >= 4 is 11.3 Å². The Labute approximate surface area is 115 Å². The third-order valence-electron chi connectivity index (χ3n) is 4.39. The van der Waals surface area contributed by atoms with Gasteiger partial charge >= 0.3 is 0 Å². The van der Waals surface area contributed by atoms with Crippen LogP contribution in [0.2, 0.25) is 0 Å². The van der Waals surface area contributed by atoms with E-state index in [4.69, 9.17) is 5.73 Å². The van der Waals surface area contributed by atoms with E-state index < -0.39 is 0 Å². The Balaban J connectivity index is 1.88. The van der Waals surface area contributed by atoms with Crippen molar-refractivity contribution in [2.75, 3.05) is 13.6 Å². The SMILES string of the molecule is CN(Cc1ccsc1)CC1CCCC(C)(C)C1N. The van der Waals surface area contributed by atoms with Gasteiger partial charge in [0.05, 0.1) is 0 Å². The molecular formula is C15H26N2S. The van der Waals surface area contributed by atoms with Gasteiger partial charge in [0.1, 0.15) is 0 Å². The third-order valence-corrected chi connectivity index (χ3v) is 5.12. The monoisotopic (exact) mass is 266 g/mol. The zero-order valence-electron chi connectivity index (χ0n) is 11.9. The minimum atomic E-state index is 0.312. The molecule has 18 heavy (non-hydrogen) atoms. The second kappa shape index (κ2) is 5.72. The highest BCUT2D eigenvalue weighted by atomic mass is 32.1. The summed E-state index contributed by atoms with van der Waals surface area (Å²) < 4.78 is 0. The molecule has 2 N–H and O–H groups in total. The number of thiophene rings is 1. The molecule has 1 heterocycles. The molecule has 1 aromatic rings. The molecule has 1 aliphatic rings. The lowest BCUT2D eigenvalue weighted by Crippen LogP contribution is -2.49. The van der Waals surface area contributed by atoms with Crippen LogP contribution in [-0.2, 0) is 6.54 Å². The number of nitrogens with zero attached hydrogens (tertiary/aromatic N) is 1. The first-order chi connectivity index (χ1) is 8.49. The van der Waals surface area contributed by atoms with Gasteiger partial charge in [0.2, 0.25) is 0 Å². The Morgan fingerprint density at radius 2 is 2.28 bits per heavy atom. The summed E-state index contributed by atoms with van der Waals surface area (Å²) in [4.78, 5) is 2.42. The number of hydrogen-bond donors (Lipinski definition) is 1. The van der Waals surface area contributed by atoms with Gasteiger partial charge in [-0.25, -0.2) is 0 Å². The summed E-state index contributed by atoms with van der Waals surface area (Å²) in [7, 11) is 2.21. The maximum absolute atomic E-state index is 6.45. The molecule has 1 saturated carbocycles. The smallest absolute Gasteiger partial charge is 0.0239 e. The highest BCUT2D eigenvalue weighted by Crippen LogP contribution is 2.37. The Bertz CT molecular complexity index is 359. The van der Waals surface area contributed by atoms with Gasteiger partial charge in [0, 0.05) is 19.1 Å². The van der Waals surface area contributed by atoms with Crippen LogP contribution in [0.1, 0.15) is 38.7 Å². The van der Waals surface area contributed by atoms with Crippen LogP contribution < -0.4 is 5.73 Å². The molecule has 2 rings (SSSR count). The van der Waals surface area contributed by atoms with Gasteiger partial charge in [-0.05, 0) is 53.6 Å². The van der Waals surface area contributed by atoms with Crippen LogP contribution in [0.5, 0.6) is 0 Å². The van der Waals surface area contributed by atoms with Crippen molar-refractivity contribution in [1.29, 1.82) is 0 Å². The molecule has 0 radical (unpaired) electrons. The van der Waals surface area contributed by atoms with E-state index >= 15 is 0 Å². The molecule has 102 valence electrons. The fraction of sp³-hybridized carbons (Fsp3) is 0.733. The fourth-order valence-electron chi connectivity index (χ4n) is 3.17. The normalized spacial score (nSPS) is 27.6. The van der Waals surface area contributed by atoms with Crippen LogP contribution in [-0.4, -0.2) is 24.5 Å². The molecule has 0 aromatic carbocycles. The molecule has 1 aromatic heterocycles. The van der Waals surface area contributed by atoms with Crippen molar-refractivity contribution < 1.29 is 0 Å². The molecule has 0 aliphatic heterocycles. The van der Waals surface area contributed by atoms with Gasteiger partial charge in [-0.3, -0.25) is 0 Å². The zero-order valence-corrected chi connectivity index (χ0v) is 12.7. The van der Waals surface area contributed by atoms with E-state index in [1.165, 1.54) is 24.8 Å². The summed E-state index contributed by atoms with van der Waals surface area (Å²) in [6.07, 6.45) is 3.90. The van der Waals surface area contributed by atoms with E-state index in [9.17, 15) is 0 Å². The molecule has 3 heteroatoms. The first-order valence-electron chi connectivity index (χ1n) is 6.94. The quantitative estimate of drug-likeness (QED) is 0.905. The van der Waals surface area contributed by atoms with Crippen molar-refractivity contribution in [3.05, 3.63) is 22.4 Å². The average molecular weight is 266 g/mol. The third kappa shape index (κ3) is 3.34. The number of hydrogen-bond acceptors (Lipinski definition) is 3. The second-order valence-corrected chi connectivity index (χ2v) is 7.28. The summed E-state index contributed by atoms with van der Waals surface area (Å²) >= 11 is 1.78. The molecule has 2 unspecified atom stereocenters. The van der Waals surface area contributed by atoms with Crippen LogP contribution in [0, 0.1) is 11.3 Å². The van der Waals surface area contributed by atoms with Crippen LogP contribution >= 0.6 is 11.3 Å². The second-order valence-electron chi connectivity index (χ2n) is 6.50. The maximum Gasteiger partial charge on any atom is 0.0239 e. The lowest BCUT2D eigenvalue weighted by molar-refractivity contribution is 0.109. The highest BCUT2D eigenvalue weighted by molar-refractivity contribution is 7.07. The first-order valence-corrected chi connectivity index (χ1v) is 7.88. The predicted octanol–water partition coefficient (Wildman–Crippen LogP) is 3.33. The molecule has 2 atom stereocenters. The lowest BCUT2D eigenvalue weighted by atomic mass is 9.68. The van der Waals surface area contributed by atoms with Gasteiger partial charge in [0.25, 0.3) is 0 Å². The molecule has 2 nitrogen and oxygen atoms in total. The maximum atomic E-state index is 6.45. The van der Waals surface area contributed by atoms with E-state index in [0.29, 0.717) is 17.4 Å². The molecule has 1 aliphatic carbocycles. The molecule has 1 fully saturated rings. The summed E-state index contributed by atoms with van der Waals surface area (Å²) in [6.45, 7) is 6.82. The summed E-state index contributed by atoms with van der Waals surface area (Å²) in [5.41, 5.74) is 8.19. The minimum absolute atomic E-state index is 0.312. The molecule has 0 spiro atoms. The van der Waals surface area contributed by atoms with Crippen LogP contribution in [0.3, 0.4) is 0 Å². The summed E-state index contributed by atoms with van der Waals surface area (Å²) in [5, 5.41) is 4.39. The zero-order chi connectivity index (χ0) is 13.2. The Hall–Kier alpha value is -0.380. The summed E-state index contributed by atoms with van der Waals surface area (Å²) in [5.74, 6) is 0.650. The Kier molecular flexibility index (Phi) is 4.46. The van der Waals surface area contributed by atoms with E-state index in [1.807, 2.05) is 0 Å². The predicted molar refractivity (Wildman–Crippen MR) is 79.8 cm³/mol. The highest BCUT2D eigenvalue weighted by Gasteiger charge is 2.36. The van der Waals surface area contributed by atoms with E-state index in [1.54, 1.807) is 11.3 Å². The van der Waals surface area contributed by atoms with Gasteiger partial charge in [-0.15, -0.1) is 0 Å². The van der Waals surface area contributed by atoms with Crippen LogP contribution in [0.25, 0.3) is 0 Å². The minimum Gasteiger partial charge on any atom is -0.327 e. The molecule has 0 bridgehead atoms. The van der Waals surface area contributed by atoms with Crippen molar-refractivity contribution in [2.45, 2.75) is 45.7 Å².